The normalized spacial score (nSPS) is 13.6. The number of halogens is 1. The molecule has 7 heteroatoms. The number of carbonyl (C=O) groups excluding carboxylic acids is 1. The average molecular weight is 484 g/mol. The van der Waals surface area contributed by atoms with Gasteiger partial charge < -0.3 is 15.5 Å². The predicted octanol–water partition coefficient (Wildman–Crippen LogP) is 3.32. The Kier molecular flexibility index (Phi) is 7.89. The molecule has 0 aliphatic carbocycles. The van der Waals surface area contributed by atoms with E-state index in [-0.39, 0.29) is 36.4 Å². The van der Waals surface area contributed by atoms with Gasteiger partial charge in [0.25, 0.3) is 0 Å². The van der Waals surface area contributed by atoms with E-state index in [1.807, 2.05) is 23.1 Å². The number of thiophene rings is 1. The number of para-hydroxylation sites is 1. The molecular formula is C19H25IN4OS. The number of aryl methyl sites for hydroxylation is 2. The maximum absolute atomic E-state index is 12.7. The molecule has 0 unspecified atom stereocenters. The zero-order valence-corrected chi connectivity index (χ0v) is 18.3. The lowest BCUT2D eigenvalue weighted by Crippen LogP contribution is -2.45. The second-order valence-electron chi connectivity index (χ2n) is 6.08. The van der Waals surface area contributed by atoms with Gasteiger partial charge in [0.1, 0.15) is 0 Å². The molecule has 0 saturated heterocycles. The van der Waals surface area contributed by atoms with E-state index >= 15 is 0 Å². The fourth-order valence-electron chi connectivity index (χ4n) is 3.02. The van der Waals surface area contributed by atoms with Crippen molar-refractivity contribution in [2.45, 2.75) is 26.3 Å². The van der Waals surface area contributed by atoms with Gasteiger partial charge in [-0.1, -0.05) is 18.2 Å². The van der Waals surface area contributed by atoms with Gasteiger partial charge >= 0.3 is 0 Å². The number of benzene rings is 1. The number of fused-ring (bicyclic) bond motifs is 1. The number of carbonyl (C=O) groups is 1. The number of anilines is 1. The Bertz CT molecular complexity index is 774. The van der Waals surface area contributed by atoms with Gasteiger partial charge in [-0.2, -0.15) is 0 Å². The van der Waals surface area contributed by atoms with Crippen molar-refractivity contribution >= 4 is 52.9 Å². The highest BCUT2D eigenvalue weighted by Gasteiger charge is 2.21. The zero-order valence-electron chi connectivity index (χ0n) is 15.1. The molecule has 0 atom stereocenters. The van der Waals surface area contributed by atoms with Crippen LogP contribution in [0.3, 0.4) is 0 Å². The van der Waals surface area contributed by atoms with Crippen LogP contribution >= 0.6 is 35.3 Å². The Labute approximate surface area is 175 Å². The van der Waals surface area contributed by atoms with E-state index < -0.39 is 0 Å². The van der Waals surface area contributed by atoms with Crippen molar-refractivity contribution in [1.82, 2.24) is 10.6 Å². The summed E-state index contributed by atoms with van der Waals surface area (Å²) in [5.41, 5.74) is 3.56. The van der Waals surface area contributed by atoms with Crippen LogP contribution in [0.15, 0.2) is 40.7 Å². The number of hydrogen-bond acceptors (Lipinski definition) is 3. The summed E-state index contributed by atoms with van der Waals surface area (Å²) in [7, 11) is 1.72. The molecular weight excluding hydrogens is 459 g/mol. The number of aliphatic imine (C=N–C) groups is 1. The summed E-state index contributed by atoms with van der Waals surface area (Å²) < 4.78 is 0. The van der Waals surface area contributed by atoms with Crippen molar-refractivity contribution in [1.29, 1.82) is 0 Å². The number of rotatable bonds is 4. The predicted molar refractivity (Wildman–Crippen MR) is 120 cm³/mol. The van der Waals surface area contributed by atoms with Crippen LogP contribution in [-0.4, -0.2) is 32.0 Å². The molecule has 2 heterocycles. The monoisotopic (exact) mass is 484 g/mol. The third-order valence-electron chi connectivity index (χ3n) is 4.43. The summed E-state index contributed by atoms with van der Waals surface area (Å²) in [6.45, 7) is 3.82. The first kappa shape index (κ1) is 20.7. The molecule has 1 amide bonds. The van der Waals surface area contributed by atoms with Crippen LogP contribution in [0.1, 0.15) is 22.4 Å². The molecule has 2 aromatic rings. The van der Waals surface area contributed by atoms with E-state index in [2.05, 4.69) is 40.1 Å². The van der Waals surface area contributed by atoms with E-state index in [0.29, 0.717) is 12.5 Å². The Morgan fingerprint density at radius 1 is 1.27 bits per heavy atom. The summed E-state index contributed by atoms with van der Waals surface area (Å²) in [5, 5.41) is 8.48. The number of amides is 1. The summed E-state index contributed by atoms with van der Waals surface area (Å²) in [6, 6.07) is 10.3. The second-order valence-corrected chi connectivity index (χ2v) is 7.08. The lowest BCUT2D eigenvalue weighted by atomic mass is 10.0. The number of hydrogen-bond donors (Lipinski definition) is 2. The van der Waals surface area contributed by atoms with Crippen molar-refractivity contribution < 1.29 is 4.79 Å². The van der Waals surface area contributed by atoms with Gasteiger partial charge in [0.15, 0.2) is 5.96 Å². The lowest BCUT2D eigenvalue weighted by Gasteiger charge is -2.29. The topological polar surface area (TPSA) is 56.7 Å². The van der Waals surface area contributed by atoms with Crippen LogP contribution in [0.4, 0.5) is 5.69 Å². The first-order valence-electron chi connectivity index (χ1n) is 8.55. The minimum atomic E-state index is 0. The third kappa shape index (κ3) is 4.97. The molecule has 1 aromatic carbocycles. The van der Waals surface area contributed by atoms with Gasteiger partial charge in [0.05, 0.1) is 13.1 Å². The van der Waals surface area contributed by atoms with E-state index in [9.17, 15) is 4.79 Å². The van der Waals surface area contributed by atoms with Crippen LogP contribution in [0.2, 0.25) is 0 Å². The van der Waals surface area contributed by atoms with Gasteiger partial charge in [0.2, 0.25) is 5.91 Å². The highest BCUT2D eigenvalue weighted by molar-refractivity contribution is 14.0. The molecule has 26 heavy (non-hydrogen) atoms. The Morgan fingerprint density at radius 3 is 2.81 bits per heavy atom. The SMILES string of the molecule is CN=C(NCC(=O)N1CCCc2ccccc21)NCc1sccc1C.I. The number of nitrogens with zero attached hydrogens (tertiary/aromatic N) is 2. The van der Waals surface area contributed by atoms with Crippen LogP contribution in [-0.2, 0) is 17.8 Å². The van der Waals surface area contributed by atoms with E-state index in [0.717, 1.165) is 25.1 Å². The minimum absolute atomic E-state index is 0. The molecule has 1 aromatic heterocycles. The summed E-state index contributed by atoms with van der Waals surface area (Å²) in [6.07, 6.45) is 2.05. The maximum Gasteiger partial charge on any atom is 0.246 e. The van der Waals surface area contributed by atoms with Crippen LogP contribution in [0, 0.1) is 6.92 Å². The molecule has 0 fully saturated rings. The Morgan fingerprint density at radius 2 is 2.08 bits per heavy atom. The van der Waals surface area contributed by atoms with Crippen LogP contribution in [0.25, 0.3) is 0 Å². The van der Waals surface area contributed by atoms with Gasteiger partial charge in [-0.25, -0.2) is 0 Å². The third-order valence-corrected chi connectivity index (χ3v) is 5.45. The quantitative estimate of drug-likeness (QED) is 0.398. The van der Waals surface area contributed by atoms with Gasteiger partial charge in [-0.15, -0.1) is 35.3 Å². The molecule has 0 radical (unpaired) electrons. The molecule has 0 saturated carbocycles. The van der Waals surface area contributed by atoms with Gasteiger partial charge in [-0.05, 0) is 48.4 Å². The molecule has 2 N–H and O–H groups in total. The minimum Gasteiger partial charge on any atom is -0.352 e. The fraction of sp³-hybridized carbons (Fsp3) is 0.368. The van der Waals surface area contributed by atoms with Crippen molar-refractivity contribution in [3.05, 3.63) is 51.7 Å². The first-order valence-corrected chi connectivity index (χ1v) is 9.42. The van der Waals surface area contributed by atoms with E-state index in [4.69, 9.17) is 0 Å². The molecule has 5 nitrogen and oxygen atoms in total. The van der Waals surface area contributed by atoms with Crippen molar-refractivity contribution in [2.75, 3.05) is 25.0 Å². The highest BCUT2D eigenvalue weighted by atomic mass is 127. The largest absolute Gasteiger partial charge is 0.352 e. The standard InChI is InChI=1S/C19H24N4OS.HI/c1-14-9-11-25-17(14)12-21-19(20-2)22-13-18(24)23-10-5-7-15-6-3-4-8-16(15)23;/h3-4,6,8-9,11H,5,7,10,12-13H2,1-2H3,(H2,20,21,22);1H. The zero-order chi connectivity index (χ0) is 17.6. The molecule has 1 aliphatic rings. The van der Waals surface area contributed by atoms with E-state index in [1.54, 1.807) is 18.4 Å². The molecule has 1 aliphatic heterocycles. The lowest BCUT2D eigenvalue weighted by molar-refractivity contribution is -0.117. The summed E-state index contributed by atoms with van der Waals surface area (Å²) in [5.74, 6) is 0.717. The fourth-order valence-corrected chi connectivity index (χ4v) is 3.86. The average Bonchev–Trinajstić information content (AvgIpc) is 3.06. The van der Waals surface area contributed by atoms with Gasteiger partial charge in [-0.3, -0.25) is 9.79 Å². The first-order chi connectivity index (χ1) is 12.2. The highest BCUT2D eigenvalue weighted by Crippen LogP contribution is 2.26. The molecule has 0 bridgehead atoms. The van der Waals surface area contributed by atoms with Gasteiger partial charge in [0, 0.05) is 24.2 Å². The summed E-state index contributed by atoms with van der Waals surface area (Å²) in [4.78, 5) is 20.0. The Hall–Kier alpha value is -1.61. The second kappa shape index (κ2) is 9.91. The van der Waals surface area contributed by atoms with Crippen molar-refractivity contribution in [3.63, 3.8) is 0 Å². The van der Waals surface area contributed by atoms with Crippen LogP contribution < -0.4 is 15.5 Å². The molecule has 0 spiro atoms. The number of nitrogens with one attached hydrogen (secondary N) is 2. The molecule has 3 rings (SSSR count). The van der Waals surface area contributed by atoms with E-state index in [1.165, 1.54) is 16.0 Å². The molecule has 140 valence electrons. The van der Waals surface area contributed by atoms with Crippen molar-refractivity contribution in [2.24, 2.45) is 4.99 Å². The maximum atomic E-state index is 12.7. The van der Waals surface area contributed by atoms with Crippen LogP contribution in [0.5, 0.6) is 0 Å². The summed E-state index contributed by atoms with van der Waals surface area (Å²) >= 11 is 1.72. The van der Waals surface area contributed by atoms with Crippen molar-refractivity contribution in [3.8, 4) is 0 Å². The smallest absolute Gasteiger partial charge is 0.246 e. The Balaban J connectivity index is 0.00000243. The number of guanidine groups is 1.